The van der Waals surface area contributed by atoms with Crippen molar-refractivity contribution in [2.75, 3.05) is 12.3 Å². The van der Waals surface area contributed by atoms with Crippen LogP contribution in [0.5, 0.6) is 6.01 Å². The summed E-state index contributed by atoms with van der Waals surface area (Å²) in [5, 5.41) is 0. The molecule has 0 aliphatic heterocycles. The van der Waals surface area contributed by atoms with Crippen LogP contribution in [0.15, 0.2) is 49.1 Å². The maximum absolute atomic E-state index is 6.18. The summed E-state index contributed by atoms with van der Waals surface area (Å²) in [6.45, 7) is 3.23. The Hall–Kier alpha value is -3.55. The second-order valence-corrected chi connectivity index (χ2v) is 6.40. The van der Waals surface area contributed by atoms with Crippen LogP contribution >= 0.6 is 0 Å². The molecule has 0 saturated heterocycles. The Morgan fingerprint density at radius 1 is 1.04 bits per heavy atom. The Labute approximate surface area is 162 Å². The van der Waals surface area contributed by atoms with Gasteiger partial charge in [0.2, 0.25) is 0 Å². The molecule has 0 aliphatic carbocycles. The van der Waals surface area contributed by atoms with Gasteiger partial charge in [-0.2, -0.15) is 9.97 Å². The van der Waals surface area contributed by atoms with Crippen LogP contribution in [-0.2, 0) is 6.54 Å². The Kier molecular flexibility index (Phi) is 5.09. The van der Waals surface area contributed by atoms with Crippen molar-refractivity contribution in [3.63, 3.8) is 0 Å². The highest BCUT2D eigenvalue weighted by molar-refractivity contribution is 5.85. The molecule has 0 atom stereocenters. The smallest absolute Gasteiger partial charge is 0.320 e. The SMILES string of the molecule is CCCCOc1nc(N)c2nc(-c3cncnc3)n(Cc3ccccc3)c2n1. The lowest BCUT2D eigenvalue weighted by molar-refractivity contribution is 0.286. The summed E-state index contributed by atoms with van der Waals surface area (Å²) in [6.07, 6.45) is 6.89. The zero-order valence-electron chi connectivity index (χ0n) is 15.6. The standard InChI is InChI=1S/C20H21N7O/c1-2-3-9-28-20-25-17(21)16-19(26-20)27(12-14-7-5-4-6-8-14)18(24-16)15-10-22-13-23-11-15/h4-8,10-11,13H,2-3,9,12H2,1H3,(H2,21,25,26). The minimum atomic E-state index is 0.267. The van der Waals surface area contributed by atoms with E-state index >= 15 is 0 Å². The van der Waals surface area contributed by atoms with Crippen molar-refractivity contribution in [3.05, 3.63) is 54.6 Å². The number of ether oxygens (including phenoxy) is 1. The molecule has 0 bridgehead atoms. The predicted octanol–water partition coefficient (Wildman–Crippen LogP) is 3.09. The van der Waals surface area contributed by atoms with E-state index in [9.17, 15) is 0 Å². The minimum Gasteiger partial charge on any atom is -0.463 e. The third-order valence-corrected chi connectivity index (χ3v) is 4.33. The second-order valence-electron chi connectivity index (χ2n) is 6.40. The largest absolute Gasteiger partial charge is 0.463 e. The number of rotatable bonds is 7. The topological polar surface area (TPSA) is 105 Å². The summed E-state index contributed by atoms with van der Waals surface area (Å²) in [5.74, 6) is 0.979. The molecule has 142 valence electrons. The van der Waals surface area contributed by atoms with Crippen LogP contribution in [0.2, 0.25) is 0 Å². The second kappa shape index (κ2) is 7.99. The van der Waals surface area contributed by atoms with Crippen molar-refractivity contribution in [1.29, 1.82) is 0 Å². The number of nitrogen functional groups attached to an aromatic ring is 1. The molecule has 3 heterocycles. The van der Waals surface area contributed by atoms with Crippen LogP contribution in [0.4, 0.5) is 5.82 Å². The molecule has 0 spiro atoms. The van der Waals surface area contributed by atoms with Gasteiger partial charge in [-0.15, -0.1) is 0 Å². The maximum Gasteiger partial charge on any atom is 0.320 e. The van der Waals surface area contributed by atoms with Gasteiger partial charge in [0.25, 0.3) is 0 Å². The molecule has 28 heavy (non-hydrogen) atoms. The molecule has 0 saturated carbocycles. The zero-order valence-corrected chi connectivity index (χ0v) is 15.6. The van der Waals surface area contributed by atoms with Crippen LogP contribution < -0.4 is 10.5 Å². The molecular formula is C20H21N7O. The van der Waals surface area contributed by atoms with Crippen molar-refractivity contribution < 1.29 is 4.74 Å². The number of nitrogens with zero attached hydrogens (tertiary/aromatic N) is 6. The summed E-state index contributed by atoms with van der Waals surface area (Å²) in [5.41, 5.74) is 9.24. The van der Waals surface area contributed by atoms with Gasteiger partial charge in [0.05, 0.1) is 18.7 Å². The number of hydrogen-bond acceptors (Lipinski definition) is 7. The van der Waals surface area contributed by atoms with E-state index in [0.29, 0.717) is 36.0 Å². The first-order chi connectivity index (χ1) is 13.8. The Bertz CT molecular complexity index is 1060. The molecule has 8 nitrogen and oxygen atoms in total. The van der Waals surface area contributed by atoms with Gasteiger partial charge < -0.3 is 15.0 Å². The van der Waals surface area contributed by atoms with E-state index in [-0.39, 0.29) is 6.01 Å². The highest BCUT2D eigenvalue weighted by Crippen LogP contribution is 2.28. The van der Waals surface area contributed by atoms with Crippen molar-refractivity contribution >= 4 is 17.0 Å². The van der Waals surface area contributed by atoms with Crippen molar-refractivity contribution in [2.45, 2.75) is 26.3 Å². The first-order valence-corrected chi connectivity index (χ1v) is 9.22. The van der Waals surface area contributed by atoms with Crippen LogP contribution in [0.3, 0.4) is 0 Å². The first-order valence-electron chi connectivity index (χ1n) is 9.22. The molecule has 4 rings (SSSR count). The van der Waals surface area contributed by atoms with Gasteiger partial charge in [0.15, 0.2) is 17.0 Å². The van der Waals surface area contributed by atoms with Gasteiger partial charge in [0, 0.05) is 12.4 Å². The number of nitrogens with two attached hydrogens (primary N) is 1. The number of benzene rings is 1. The van der Waals surface area contributed by atoms with E-state index < -0.39 is 0 Å². The summed E-state index contributed by atoms with van der Waals surface area (Å²) in [4.78, 5) is 21.8. The molecular weight excluding hydrogens is 354 g/mol. The molecule has 0 radical (unpaired) electrons. The highest BCUT2D eigenvalue weighted by Gasteiger charge is 2.19. The molecule has 0 fully saturated rings. The predicted molar refractivity (Wildman–Crippen MR) is 107 cm³/mol. The van der Waals surface area contributed by atoms with Gasteiger partial charge in [-0.3, -0.25) is 0 Å². The lowest BCUT2D eigenvalue weighted by Crippen LogP contribution is -2.07. The molecule has 2 N–H and O–H groups in total. The average molecular weight is 375 g/mol. The number of unbranched alkanes of at least 4 members (excludes halogenated alkanes) is 1. The van der Waals surface area contributed by atoms with Crippen LogP contribution in [0.25, 0.3) is 22.6 Å². The van der Waals surface area contributed by atoms with E-state index in [2.05, 4.69) is 39.0 Å². The number of fused-ring (bicyclic) bond motifs is 1. The molecule has 1 aromatic carbocycles. The normalized spacial score (nSPS) is 11.0. The number of hydrogen-bond donors (Lipinski definition) is 1. The van der Waals surface area contributed by atoms with Gasteiger partial charge in [-0.1, -0.05) is 43.7 Å². The minimum absolute atomic E-state index is 0.267. The van der Waals surface area contributed by atoms with E-state index in [1.807, 2.05) is 22.8 Å². The third-order valence-electron chi connectivity index (χ3n) is 4.33. The fourth-order valence-corrected chi connectivity index (χ4v) is 2.92. The fourth-order valence-electron chi connectivity index (χ4n) is 2.92. The van der Waals surface area contributed by atoms with E-state index in [1.165, 1.54) is 6.33 Å². The van der Waals surface area contributed by atoms with Crippen molar-refractivity contribution in [3.8, 4) is 17.4 Å². The molecule has 4 aromatic rings. The van der Waals surface area contributed by atoms with Crippen LogP contribution in [0.1, 0.15) is 25.3 Å². The molecule has 8 heteroatoms. The first kappa shape index (κ1) is 17.8. The van der Waals surface area contributed by atoms with Gasteiger partial charge >= 0.3 is 6.01 Å². The quantitative estimate of drug-likeness (QED) is 0.495. The van der Waals surface area contributed by atoms with Crippen LogP contribution in [-0.4, -0.2) is 36.1 Å². The molecule has 0 amide bonds. The van der Waals surface area contributed by atoms with Crippen molar-refractivity contribution in [1.82, 2.24) is 29.5 Å². The maximum atomic E-state index is 6.18. The number of anilines is 1. The van der Waals surface area contributed by atoms with Gasteiger partial charge in [-0.25, -0.2) is 15.0 Å². The molecule has 0 aliphatic rings. The average Bonchev–Trinajstić information content (AvgIpc) is 3.09. The fraction of sp³-hybridized carbons (Fsp3) is 0.250. The zero-order chi connectivity index (χ0) is 19.3. The lowest BCUT2D eigenvalue weighted by atomic mass is 10.2. The summed E-state index contributed by atoms with van der Waals surface area (Å²) < 4.78 is 7.68. The summed E-state index contributed by atoms with van der Waals surface area (Å²) >= 11 is 0. The number of aromatic nitrogens is 6. The molecule has 0 unspecified atom stereocenters. The van der Waals surface area contributed by atoms with Gasteiger partial charge in [-0.05, 0) is 12.0 Å². The van der Waals surface area contributed by atoms with E-state index in [1.54, 1.807) is 12.4 Å². The van der Waals surface area contributed by atoms with Gasteiger partial charge in [0.1, 0.15) is 12.2 Å². The summed E-state index contributed by atoms with van der Waals surface area (Å²) in [6, 6.07) is 10.4. The highest BCUT2D eigenvalue weighted by atomic mass is 16.5. The Balaban J connectivity index is 1.85. The van der Waals surface area contributed by atoms with Crippen molar-refractivity contribution in [2.24, 2.45) is 0 Å². The lowest BCUT2D eigenvalue weighted by Gasteiger charge is -2.09. The Morgan fingerprint density at radius 3 is 2.57 bits per heavy atom. The summed E-state index contributed by atoms with van der Waals surface area (Å²) in [7, 11) is 0. The third kappa shape index (κ3) is 3.62. The Morgan fingerprint density at radius 2 is 1.82 bits per heavy atom. The molecule has 3 aromatic heterocycles. The monoisotopic (exact) mass is 375 g/mol. The van der Waals surface area contributed by atoms with Crippen LogP contribution in [0, 0.1) is 0 Å². The van der Waals surface area contributed by atoms with E-state index in [4.69, 9.17) is 15.5 Å². The number of imidazole rings is 1. The van der Waals surface area contributed by atoms with E-state index in [0.717, 1.165) is 24.0 Å².